The average Bonchev–Trinajstić information content (AvgIpc) is 2.08. The molecule has 0 bridgehead atoms. The van der Waals surface area contributed by atoms with Gasteiger partial charge in [-0.2, -0.15) is 0 Å². The van der Waals surface area contributed by atoms with Crippen LogP contribution in [-0.2, 0) is 5.41 Å². The Morgan fingerprint density at radius 3 is 2.33 bits per heavy atom. The topological polar surface area (TPSA) is 13.1 Å². The third-order valence-corrected chi connectivity index (χ3v) is 1.15. The van der Waals surface area contributed by atoms with Crippen LogP contribution in [0.4, 0.5) is 0 Å². The highest BCUT2D eigenvalue weighted by molar-refractivity contribution is 5.06. The summed E-state index contributed by atoms with van der Waals surface area (Å²) in [6, 6.07) is 4.80. The fourth-order valence-electron chi connectivity index (χ4n) is 0.639. The third kappa shape index (κ3) is 1.35. The van der Waals surface area contributed by atoms with Gasteiger partial charge in [0.2, 0.25) is 0 Å². The zero-order valence-corrected chi connectivity index (χ0v) is 6.06. The van der Waals surface area contributed by atoms with E-state index < -0.39 is 0 Å². The first-order chi connectivity index (χ1) is 4.11. The Hall–Kier alpha value is -0.720. The van der Waals surface area contributed by atoms with Gasteiger partial charge in [-0.1, -0.05) is 20.8 Å². The van der Waals surface area contributed by atoms with Crippen LogP contribution in [0.3, 0.4) is 0 Å². The Labute approximate surface area is 55.7 Å². The number of rotatable bonds is 0. The maximum atomic E-state index is 5.14. The first-order valence-corrected chi connectivity index (χ1v) is 3.06. The predicted octanol–water partition coefficient (Wildman–Crippen LogP) is 2.38. The van der Waals surface area contributed by atoms with E-state index in [1.807, 2.05) is 0 Å². The first-order valence-electron chi connectivity index (χ1n) is 3.06. The predicted molar refractivity (Wildman–Crippen MR) is 36.2 cm³/mol. The van der Waals surface area contributed by atoms with Gasteiger partial charge in [0.15, 0.2) is 0 Å². The highest BCUT2D eigenvalue weighted by Crippen LogP contribution is 2.20. The summed E-state index contributed by atoms with van der Waals surface area (Å²) in [6.07, 6.45) is 1.65. The quantitative estimate of drug-likeness (QED) is 0.516. The Morgan fingerprint density at radius 2 is 2.11 bits per heavy atom. The average molecular weight is 123 g/mol. The van der Waals surface area contributed by atoms with E-state index in [0.717, 1.165) is 5.76 Å². The number of hydrogen-bond acceptors (Lipinski definition) is 1. The lowest BCUT2D eigenvalue weighted by Crippen LogP contribution is -2.09. The van der Waals surface area contributed by atoms with Crippen molar-refractivity contribution in [1.82, 2.24) is 0 Å². The van der Waals surface area contributed by atoms with Crippen molar-refractivity contribution < 1.29 is 4.42 Å². The molecule has 1 rings (SSSR count). The summed E-state index contributed by atoms with van der Waals surface area (Å²) in [5.74, 6) is 0.919. The van der Waals surface area contributed by atoms with Gasteiger partial charge in [-0.25, -0.2) is 0 Å². The van der Waals surface area contributed by atoms with Gasteiger partial charge < -0.3 is 4.42 Å². The van der Waals surface area contributed by atoms with E-state index >= 15 is 0 Å². The summed E-state index contributed by atoms with van der Waals surface area (Å²) in [6.45, 7) is 6.30. The molecule has 1 aromatic heterocycles. The minimum Gasteiger partial charge on any atom is -0.468 e. The zero-order valence-electron chi connectivity index (χ0n) is 6.06. The van der Waals surface area contributed by atoms with Crippen LogP contribution in [0.5, 0.6) is 0 Å². The van der Waals surface area contributed by atoms with E-state index in [1.165, 1.54) is 0 Å². The molecule has 1 heteroatoms. The molecule has 0 aromatic carbocycles. The molecule has 1 heterocycles. The van der Waals surface area contributed by atoms with Crippen molar-refractivity contribution in [2.75, 3.05) is 0 Å². The van der Waals surface area contributed by atoms with E-state index in [0.29, 0.717) is 0 Å². The van der Waals surface area contributed by atoms with Gasteiger partial charge in [0, 0.05) is 11.5 Å². The molecule has 9 heavy (non-hydrogen) atoms. The standard InChI is InChI=1S/C8H11O/c1-8(2,3)7-5-4-6-9-7/h4,6H,1-3H3. The molecule has 0 spiro atoms. The van der Waals surface area contributed by atoms with Crippen LogP contribution in [0.25, 0.3) is 0 Å². The normalized spacial score (nSPS) is 11.9. The molecule has 1 aromatic rings. The van der Waals surface area contributed by atoms with Crippen LogP contribution in [0.1, 0.15) is 26.5 Å². The van der Waals surface area contributed by atoms with Crippen molar-refractivity contribution in [3.05, 3.63) is 24.2 Å². The summed E-state index contributed by atoms with van der Waals surface area (Å²) < 4.78 is 5.14. The summed E-state index contributed by atoms with van der Waals surface area (Å²) in [5, 5.41) is 0. The maximum absolute atomic E-state index is 5.14. The minimum absolute atomic E-state index is 0.101. The molecule has 0 N–H and O–H groups in total. The minimum atomic E-state index is 0.101. The van der Waals surface area contributed by atoms with Crippen LogP contribution in [-0.4, -0.2) is 0 Å². The van der Waals surface area contributed by atoms with Crippen molar-refractivity contribution in [3.63, 3.8) is 0 Å². The molecular weight excluding hydrogens is 112 g/mol. The van der Waals surface area contributed by atoms with Gasteiger partial charge in [-0.3, -0.25) is 0 Å². The number of hydrogen-bond donors (Lipinski definition) is 0. The van der Waals surface area contributed by atoms with Crippen molar-refractivity contribution in [2.45, 2.75) is 26.2 Å². The van der Waals surface area contributed by atoms with Crippen LogP contribution >= 0.6 is 0 Å². The molecule has 0 aliphatic heterocycles. The molecule has 1 radical (unpaired) electrons. The van der Waals surface area contributed by atoms with Crippen molar-refractivity contribution in [3.8, 4) is 0 Å². The van der Waals surface area contributed by atoms with Crippen molar-refractivity contribution >= 4 is 0 Å². The second-order valence-electron chi connectivity index (χ2n) is 3.14. The molecular formula is C8H11O. The van der Waals surface area contributed by atoms with Gasteiger partial charge >= 0.3 is 0 Å². The summed E-state index contributed by atoms with van der Waals surface area (Å²) in [5.41, 5.74) is 0.101. The van der Waals surface area contributed by atoms with E-state index in [-0.39, 0.29) is 5.41 Å². The van der Waals surface area contributed by atoms with Crippen LogP contribution < -0.4 is 0 Å². The second kappa shape index (κ2) is 1.90. The van der Waals surface area contributed by atoms with Crippen molar-refractivity contribution in [2.24, 2.45) is 0 Å². The lowest BCUT2D eigenvalue weighted by molar-refractivity contribution is 0.408. The molecule has 0 saturated heterocycles. The molecule has 0 saturated carbocycles. The Morgan fingerprint density at radius 1 is 1.44 bits per heavy atom. The van der Waals surface area contributed by atoms with Gasteiger partial charge in [0.1, 0.15) is 5.76 Å². The highest BCUT2D eigenvalue weighted by Gasteiger charge is 2.15. The van der Waals surface area contributed by atoms with E-state index in [9.17, 15) is 0 Å². The third-order valence-electron chi connectivity index (χ3n) is 1.15. The lowest BCUT2D eigenvalue weighted by Gasteiger charge is -2.12. The Bertz CT molecular complexity index is 167. The molecule has 0 aliphatic carbocycles. The Kier molecular flexibility index (Phi) is 1.35. The number of furan rings is 1. The monoisotopic (exact) mass is 123 g/mol. The first kappa shape index (κ1) is 6.40. The molecule has 49 valence electrons. The fourth-order valence-corrected chi connectivity index (χ4v) is 0.639. The molecule has 0 amide bonds. The lowest BCUT2D eigenvalue weighted by atomic mass is 9.94. The SMILES string of the molecule is CC(C)(C)c1[c]cco1. The van der Waals surface area contributed by atoms with E-state index in [4.69, 9.17) is 4.42 Å². The molecule has 0 fully saturated rings. The largest absolute Gasteiger partial charge is 0.468 e. The van der Waals surface area contributed by atoms with Gasteiger partial charge in [-0.05, 0) is 6.07 Å². The second-order valence-corrected chi connectivity index (χ2v) is 3.14. The van der Waals surface area contributed by atoms with Gasteiger partial charge in [-0.15, -0.1) is 0 Å². The van der Waals surface area contributed by atoms with Gasteiger partial charge in [0.05, 0.1) is 6.26 Å². The summed E-state index contributed by atoms with van der Waals surface area (Å²) in [4.78, 5) is 0. The smallest absolute Gasteiger partial charge is 0.117 e. The molecule has 1 nitrogen and oxygen atoms in total. The van der Waals surface area contributed by atoms with Crippen LogP contribution in [0.2, 0.25) is 0 Å². The van der Waals surface area contributed by atoms with E-state index in [2.05, 4.69) is 26.8 Å². The maximum Gasteiger partial charge on any atom is 0.117 e. The van der Waals surface area contributed by atoms with E-state index in [1.54, 1.807) is 12.3 Å². The summed E-state index contributed by atoms with van der Waals surface area (Å²) in [7, 11) is 0. The molecule has 0 unspecified atom stereocenters. The summed E-state index contributed by atoms with van der Waals surface area (Å²) >= 11 is 0. The molecule has 0 aliphatic rings. The molecule has 0 atom stereocenters. The van der Waals surface area contributed by atoms with Gasteiger partial charge in [0.25, 0.3) is 0 Å². The Balaban J connectivity index is 2.90. The fraction of sp³-hybridized carbons (Fsp3) is 0.500. The van der Waals surface area contributed by atoms with Crippen LogP contribution in [0.15, 0.2) is 16.7 Å². The zero-order chi connectivity index (χ0) is 6.91. The van der Waals surface area contributed by atoms with Crippen LogP contribution in [0, 0.1) is 6.07 Å². The van der Waals surface area contributed by atoms with Crippen molar-refractivity contribution in [1.29, 1.82) is 0 Å². The highest BCUT2D eigenvalue weighted by atomic mass is 16.3.